The van der Waals surface area contributed by atoms with E-state index in [1.54, 1.807) is 11.4 Å². The van der Waals surface area contributed by atoms with Crippen LogP contribution in [0.25, 0.3) is 0 Å². The Morgan fingerprint density at radius 2 is 2.00 bits per heavy atom. The Morgan fingerprint density at radius 1 is 1.26 bits per heavy atom. The van der Waals surface area contributed by atoms with Gasteiger partial charge in [0, 0.05) is 6.54 Å². The summed E-state index contributed by atoms with van der Waals surface area (Å²) in [5.74, 6) is -1.91. The van der Waals surface area contributed by atoms with E-state index in [0.717, 1.165) is 15.6 Å². The number of carbonyl (C=O) groups is 1. The molecule has 27 heavy (non-hydrogen) atoms. The van der Waals surface area contributed by atoms with Crippen LogP contribution in [0.2, 0.25) is 0 Å². The number of hydrogen-bond acceptors (Lipinski definition) is 4. The van der Waals surface area contributed by atoms with Crippen molar-refractivity contribution in [3.63, 3.8) is 0 Å². The lowest BCUT2D eigenvalue weighted by molar-refractivity contribution is -0.137. The summed E-state index contributed by atoms with van der Waals surface area (Å²) in [6, 6.07) is 3.49. The molecule has 2 aromatic rings. The molecular formula is C16H14F4N2O3S2. The standard InChI is InChI=1S/C16H14F4N2O3S2/c17-11-6-5-10(16(18,19)20)9-12(11)21-15(23)13-3-1-7-22(13)27(24,25)14-4-2-8-26-14/h2,4-6,8-9,13H,1,3,7H2,(H,21,23). The second-order valence-electron chi connectivity index (χ2n) is 5.89. The fourth-order valence-corrected chi connectivity index (χ4v) is 5.61. The number of rotatable bonds is 4. The second-order valence-corrected chi connectivity index (χ2v) is 8.95. The Morgan fingerprint density at radius 3 is 2.63 bits per heavy atom. The third-order valence-electron chi connectivity index (χ3n) is 4.12. The average Bonchev–Trinajstić information content (AvgIpc) is 3.28. The third kappa shape index (κ3) is 3.99. The number of alkyl halides is 3. The molecule has 11 heteroatoms. The minimum atomic E-state index is -4.70. The van der Waals surface area contributed by atoms with Gasteiger partial charge in [-0.25, -0.2) is 12.8 Å². The molecule has 1 aromatic carbocycles. The van der Waals surface area contributed by atoms with Gasteiger partial charge in [-0.3, -0.25) is 4.79 Å². The highest BCUT2D eigenvalue weighted by molar-refractivity contribution is 7.91. The van der Waals surface area contributed by atoms with Crippen LogP contribution in [0.1, 0.15) is 18.4 Å². The summed E-state index contributed by atoms with van der Waals surface area (Å²) in [6.07, 6.45) is -4.10. The summed E-state index contributed by atoms with van der Waals surface area (Å²) < 4.78 is 78.6. The minimum Gasteiger partial charge on any atom is -0.322 e. The first-order chi connectivity index (χ1) is 12.6. The Bertz CT molecular complexity index is 943. The summed E-state index contributed by atoms with van der Waals surface area (Å²) >= 11 is 0.995. The van der Waals surface area contributed by atoms with Crippen LogP contribution in [0, 0.1) is 5.82 Å². The first-order valence-electron chi connectivity index (χ1n) is 7.83. The first-order valence-corrected chi connectivity index (χ1v) is 10.2. The van der Waals surface area contributed by atoms with E-state index in [-0.39, 0.29) is 17.2 Å². The molecule has 5 nitrogen and oxygen atoms in total. The van der Waals surface area contributed by atoms with Crippen LogP contribution in [-0.2, 0) is 21.0 Å². The Balaban J connectivity index is 1.84. The van der Waals surface area contributed by atoms with Crippen LogP contribution < -0.4 is 5.32 Å². The predicted octanol–water partition coefficient (Wildman–Crippen LogP) is 3.70. The number of amides is 1. The van der Waals surface area contributed by atoms with Gasteiger partial charge in [-0.05, 0) is 42.5 Å². The fourth-order valence-electron chi connectivity index (χ4n) is 2.83. The largest absolute Gasteiger partial charge is 0.416 e. The summed E-state index contributed by atoms with van der Waals surface area (Å²) in [5, 5.41) is 3.67. The normalized spacial score (nSPS) is 18.6. The number of nitrogens with one attached hydrogen (secondary N) is 1. The van der Waals surface area contributed by atoms with Gasteiger partial charge < -0.3 is 5.32 Å². The van der Waals surface area contributed by atoms with E-state index in [1.165, 1.54) is 6.07 Å². The summed E-state index contributed by atoms with van der Waals surface area (Å²) in [4.78, 5) is 12.5. The van der Waals surface area contributed by atoms with E-state index in [2.05, 4.69) is 5.32 Å². The van der Waals surface area contributed by atoms with E-state index in [9.17, 15) is 30.8 Å². The van der Waals surface area contributed by atoms with E-state index in [0.29, 0.717) is 24.6 Å². The van der Waals surface area contributed by atoms with E-state index >= 15 is 0 Å². The average molecular weight is 422 g/mol. The van der Waals surface area contributed by atoms with Crippen LogP contribution >= 0.6 is 11.3 Å². The zero-order valence-electron chi connectivity index (χ0n) is 13.7. The van der Waals surface area contributed by atoms with Crippen molar-refractivity contribution in [2.75, 3.05) is 11.9 Å². The predicted molar refractivity (Wildman–Crippen MR) is 91.3 cm³/mol. The molecule has 1 saturated heterocycles. The van der Waals surface area contributed by atoms with Crippen molar-refractivity contribution in [2.45, 2.75) is 29.3 Å². The molecule has 0 saturated carbocycles. The van der Waals surface area contributed by atoms with Gasteiger partial charge in [0.1, 0.15) is 16.1 Å². The number of sulfonamides is 1. The molecule has 1 atom stereocenters. The molecular weight excluding hydrogens is 408 g/mol. The lowest BCUT2D eigenvalue weighted by Gasteiger charge is -2.23. The number of thiophene rings is 1. The lowest BCUT2D eigenvalue weighted by atomic mass is 10.1. The zero-order chi connectivity index (χ0) is 19.8. The zero-order valence-corrected chi connectivity index (χ0v) is 15.3. The van der Waals surface area contributed by atoms with Gasteiger partial charge in [-0.2, -0.15) is 17.5 Å². The SMILES string of the molecule is O=C(Nc1cc(C(F)(F)F)ccc1F)C1CCCN1S(=O)(=O)c1cccs1. The smallest absolute Gasteiger partial charge is 0.322 e. The quantitative estimate of drug-likeness (QED) is 0.765. The third-order valence-corrected chi connectivity index (χ3v) is 7.40. The van der Waals surface area contributed by atoms with Crippen molar-refractivity contribution in [1.29, 1.82) is 0 Å². The number of nitrogens with zero attached hydrogens (tertiary/aromatic N) is 1. The molecule has 1 aliphatic rings. The molecule has 1 aliphatic heterocycles. The fraction of sp³-hybridized carbons (Fsp3) is 0.312. The van der Waals surface area contributed by atoms with E-state index in [4.69, 9.17) is 0 Å². The Labute approximate surface area is 156 Å². The van der Waals surface area contributed by atoms with Crippen LogP contribution in [0.4, 0.5) is 23.2 Å². The highest BCUT2D eigenvalue weighted by atomic mass is 32.2. The van der Waals surface area contributed by atoms with Crippen LogP contribution in [-0.4, -0.2) is 31.2 Å². The van der Waals surface area contributed by atoms with Gasteiger partial charge in [-0.15, -0.1) is 11.3 Å². The van der Waals surface area contributed by atoms with Crippen LogP contribution in [0.15, 0.2) is 39.9 Å². The van der Waals surface area contributed by atoms with Crippen molar-refractivity contribution in [2.24, 2.45) is 0 Å². The number of carbonyl (C=O) groups excluding carboxylic acids is 1. The summed E-state index contributed by atoms with van der Waals surface area (Å²) in [7, 11) is -3.91. The second kappa shape index (κ2) is 7.21. The maximum absolute atomic E-state index is 13.8. The highest BCUT2D eigenvalue weighted by Gasteiger charge is 2.40. The molecule has 146 valence electrons. The highest BCUT2D eigenvalue weighted by Crippen LogP contribution is 2.33. The molecule has 2 heterocycles. The summed E-state index contributed by atoms with van der Waals surface area (Å²) in [5.41, 5.74) is -1.76. The monoisotopic (exact) mass is 422 g/mol. The number of halogens is 4. The molecule has 0 aliphatic carbocycles. The minimum absolute atomic E-state index is 0.0625. The van der Waals surface area contributed by atoms with Crippen LogP contribution in [0.3, 0.4) is 0 Å². The van der Waals surface area contributed by atoms with Gasteiger partial charge in [0.05, 0.1) is 11.3 Å². The molecule has 3 rings (SSSR count). The van der Waals surface area contributed by atoms with E-state index < -0.39 is 45.2 Å². The Hall–Kier alpha value is -1.98. The first kappa shape index (κ1) is 19.8. The summed E-state index contributed by atoms with van der Waals surface area (Å²) in [6.45, 7) is 0.101. The van der Waals surface area contributed by atoms with Crippen molar-refractivity contribution in [1.82, 2.24) is 4.31 Å². The molecule has 1 aromatic heterocycles. The lowest BCUT2D eigenvalue weighted by Crippen LogP contribution is -2.43. The molecule has 1 N–H and O–H groups in total. The topological polar surface area (TPSA) is 66.5 Å². The van der Waals surface area contributed by atoms with Crippen LogP contribution in [0.5, 0.6) is 0 Å². The molecule has 1 fully saturated rings. The van der Waals surface area contributed by atoms with Crippen molar-refractivity contribution in [3.8, 4) is 0 Å². The van der Waals surface area contributed by atoms with Gasteiger partial charge in [-0.1, -0.05) is 6.07 Å². The number of anilines is 1. The molecule has 0 bridgehead atoms. The molecule has 0 spiro atoms. The van der Waals surface area contributed by atoms with Gasteiger partial charge in [0.25, 0.3) is 10.0 Å². The van der Waals surface area contributed by atoms with E-state index in [1.807, 2.05) is 0 Å². The van der Waals surface area contributed by atoms with Gasteiger partial charge in [0.15, 0.2) is 0 Å². The molecule has 1 unspecified atom stereocenters. The number of hydrogen-bond donors (Lipinski definition) is 1. The Kier molecular flexibility index (Phi) is 5.28. The van der Waals surface area contributed by atoms with Crippen molar-refractivity contribution >= 4 is 33.0 Å². The molecule has 1 amide bonds. The van der Waals surface area contributed by atoms with Crippen molar-refractivity contribution in [3.05, 3.63) is 47.1 Å². The maximum atomic E-state index is 13.8. The number of benzene rings is 1. The maximum Gasteiger partial charge on any atom is 0.416 e. The van der Waals surface area contributed by atoms with Gasteiger partial charge in [0.2, 0.25) is 5.91 Å². The van der Waals surface area contributed by atoms with Gasteiger partial charge >= 0.3 is 6.18 Å². The van der Waals surface area contributed by atoms with Crippen molar-refractivity contribution < 1.29 is 30.8 Å². The molecule has 0 radical (unpaired) electrons.